The van der Waals surface area contributed by atoms with E-state index in [1.54, 1.807) is 0 Å². The molecule has 0 fully saturated rings. The van der Waals surface area contributed by atoms with Crippen molar-refractivity contribution < 1.29 is 4.74 Å². The van der Waals surface area contributed by atoms with Gasteiger partial charge in [-0.3, -0.25) is 0 Å². The van der Waals surface area contributed by atoms with Gasteiger partial charge in [-0.2, -0.15) is 15.8 Å². The Labute approximate surface area is 87.5 Å². The Balaban J connectivity index is 3.44. The maximum Gasteiger partial charge on any atom is 0.0996 e. The molecule has 0 aromatic heterocycles. The van der Waals surface area contributed by atoms with E-state index in [4.69, 9.17) is 15.8 Å². The van der Waals surface area contributed by atoms with Crippen molar-refractivity contribution in [3.63, 3.8) is 0 Å². The first-order valence-electron chi connectivity index (χ1n) is 4.01. The number of nitriles is 3. The van der Waals surface area contributed by atoms with E-state index in [2.05, 4.69) is 11.8 Å². The van der Waals surface area contributed by atoms with Gasteiger partial charge in [0.05, 0.1) is 48.6 Å². The third kappa shape index (κ3) is 2.11. The zero-order valence-corrected chi connectivity index (χ0v) is 7.82. The molecular formula is C11H6N3O. The number of rotatable bonds is 2. The van der Waals surface area contributed by atoms with Crippen LogP contribution in [0.15, 0.2) is 12.1 Å². The van der Waals surface area contributed by atoms with Gasteiger partial charge in [-0.15, -0.1) is 0 Å². The van der Waals surface area contributed by atoms with Gasteiger partial charge in [0, 0.05) is 5.56 Å². The maximum absolute atomic E-state index is 8.84. The fourth-order valence-electron chi connectivity index (χ4n) is 1.19. The number of benzene rings is 1. The molecule has 71 valence electrons. The standard InChI is InChI=1S/C11H6N3O/c1-15-7-11-9(5-13)2-8(4-12)3-10(11)6-14/h2-3H,1,7H2. The van der Waals surface area contributed by atoms with Crippen LogP contribution >= 0.6 is 0 Å². The highest BCUT2D eigenvalue weighted by atomic mass is 16.5. The second-order valence-electron chi connectivity index (χ2n) is 2.73. The van der Waals surface area contributed by atoms with E-state index in [9.17, 15) is 0 Å². The van der Waals surface area contributed by atoms with Gasteiger partial charge < -0.3 is 4.74 Å². The predicted molar refractivity (Wildman–Crippen MR) is 50.7 cm³/mol. The van der Waals surface area contributed by atoms with Gasteiger partial charge in [0.1, 0.15) is 0 Å². The van der Waals surface area contributed by atoms with E-state index < -0.39 is 0 Å². The minimum Gasteiger partial charge on any atom is -0.374 e. The van der Waals surface area contributed by atoms with Gasteiger partial charge in [-0.1, -0.05) is 0 Å². The van der Waals surface area contributed by atoms with Crippen LogP contribution in [0.25, 0.3) is 0 Å². The van der Waals surface area contributed by atoms with Gasteiger partial charge in [0.2, 0.25) is 0 Å². The Morgan fingerprint density at radius 2 is 1.60 bits per heavy atom. The maximum atomic E-state index is 8.84. The van der Waals surface area contributed by atoms with Gasteiger partial charge in [0.15, 0.2) is 0 Å². The molecule has 0 spiro atoms. The van der Waals surface area contributed by atoms with Crippen LogP contribution in [0.5, 0.6) is 0 Å². The predicted octanol–water partition coefficient (Wildman–Crippen LogP) is 1.61. The second kappa shape index (κ2) is 4.77. The average molecular weight is 196 g/mol. The fourth-order valence-corrected chi connectivity index (χ4v) is 1.19. The Morgan fingerprint density at radius 3 is 1.93 bits per heavy atom. The monoisotopic (exact) mass is 196 g/mol. The number of ether oxygens (including phenoxy) is 1. The molecule has 1 rings (SSSR count). The van der Waals surface area contributed by atoms with Crippen molar-refractivity contribution in [3.05, 3.63) is 41.5 Å². The van der Waals surface area contributed by atoms with E-state index >= 15 is 0 Å². The van der Waals surface area contributed by atoms with Crippen molar-refractivity contribution >= 4 is 0 Å². The normalized spacial score (nSPS) is 8.67. The lowest BCUT2D eigenvalue weighted by Crippen LogP contribution is -1.97. The minimum atomic E-state index is 0.0808. The van der Waals surface area contributed by atoms with Gasteiger partial charge >= 0.3 is 0 Å². The van der Waals surface area contributed by atoms with Crippen LogP contribution < -0.4 is 0 Å². The molecular weight excluding hydrogens is 190 g/mol. The summed E-state index contributed by atoms with van der Waals surface area (Å²) in [6, 6.07) is 8.58. The molecule has 0 bridgehead atoms. The van der Waals surface area contributed by atoms with Crippen LogP contribution in [0.3, 0.4) is 0 Å². The third-order valence-electron chi connectivity index (χ3n) is 1.87. The first kappa shape index (κ1) is 10.7. The highest BCUT2D eigenvalue weighted by Crippen LogP contribution is 2.17. The van der Waals surface area contributed by atoms with Crippen molar-refractivity contribution in [2.24, 2.45) is 0 Å². The molecule has 0 amide bonds. The quantitative estimate of drug-likeness (QED) is 0.719. The van der Waals surface area contributed by atoms with E-state index in [1.807, 2.05) is 18.2 Å². The minimum absolute atomic E-state index is 0.0808. The van der Waals surface area contributed by atoms with Gasteiger partial charge in [-0.25, -0.2) is 0 Å². The Hall–Kier alpha value is -2.35. The Morgan fingerprint density at radius 1 is 1.07 bits per heavy atom. The summed E-state index contributed by atoms with van der Waals surface area (Å²) in [6.07, 6.45) is 0. The summed E-state index contributed by atoms with van der Waals surface area (Å²) >= 11 is 0. The lowest BCUT2D eigenvalue weighted by Gasteiger charge is -2.05. The summed E-state index contributed by atoms with van der Waals surface area (Å²) in [5.41, 5.74) is 1.30. The first-order chi connectivity index (χ1) is 7.26. The summed E-state index contributed by atoms with van der Waals surface area (Å²) in [7, 11) is 3.19. The molecule has 1 aromatic carbocycles. The van der Waals surface area contributed by atoms with Crippen molar-refractivity contribution in [2.75, 3.05) is 0 Å². The Kier molecular flexibility index (Phi) is 3.41. The topological polar surface area (TPSA) is 80.6 Å². The van der Waals surface area contributed by atoms with Gasteiger partial charge in [-0.05, 0) is 12.1 Å². The van der Waals surface area contributed by atoms with Crippen LogP contribution in [0.4, 0.5) is 0 Å². The third-order valence-corrected chi connectivity index (χ3v) is 1.87. The molecule has 0 N–H and O–H groups in total. The molecule has 1 radical (unpaired) electrons. The van der Waals surface area contributed by atoms with Crippen molar-refractivity contribution in [1.29, 1.82) is 15.8 Å². The van der Waals surface area contributed by atoms with E-state index in [0.717, 1.165) is 0 Å². The van der Waals surface area contributed by atoms with E-state index in [-0.39, 0.29) is 23.3 Å². The average Bonchev–Trinajstić information content (AvgIpc) is 2.29. The smallest absolute Gasteiger partial charge is 0.0996 e. The van der Waals surface area contributed by atoms with Crippen LogP contribution in [0, 0.1) is 41.1 Å². The highest BCUT2D eigenvalue weighted by Gasteiger charge is 2.10. The largest absolute Gasteiger partial charge is 0.374 e. The van der Waals surface area contributed by atoms with Crippen molar-refractivity contribution in [2.45, 2.75) is 6.61 Å². The van der Waals surface area contributed by atoms with Crippen LogP contribution in [0.1, 0.15) is 22.3 Å². The molecule has 0 saturated carbocycles. The number of hydrogen-bond donors (Lipinski definition) is 0. The van der Waals surface area contributed by atoms with Gasteiger partial charge in [0.25, 0.3) is 0 Å². The number of nitrogens with zero attached hydrogens (tertiary/aromatic N) is 3. The van der Waals surface area contributed by atoms with Crippen molar-refractivity contribution in [1.82, 2.24) is 0 Å². The molecule has 0 saturated heterocycles. The SMILES string of the molecule is [CH2]OCc1c(C#N)cc(C#N)cc1C#N. The fraction of sp³-hybridized carbons (Fsp3) is 0.0909. The molecule has 0 heterocycles. The zero-order chi connectivity index (χ0) is 11.3. The summed E-state index contributed by atoms with van der Waals surface area (Å²) in [6.45, 7) is 0.0808. The molecule has 4 heteroatoms. The summed E-state index contributed by atoms with van der Waals surface area (Å²) < 4.78 is 4.65. The molecule has 0 atom stereocenters. The van der Waals surface area contributed by atoms with Crippen LogP contribution in [-0.2, 0) is 11.3 Å². The summed E-state index contributed by atoms with van der Waals surface area (Å²) in [4.78, 5) is 0. The first-order valence-corrected chi connectivity index (χ1v) is 4.01. The van der Waals surface area contributed by atoms with Crippen molar-refractivity contribution in [3.8, 4) is 18.2 Å². The summed E-state index contributed by atoms with van der Waals surface area (Å²) in [5, 5.41) is 26.4. The van der Waals surface area contributed by atoms with Crippen LogP contribution in [0.2, 0.25) is 0 Å². The lowest BCUT2D eigenvalue weighted by molar-refractivity contribution is 0.228. The zero-order valence-electron chi connectivity index (χ0n) is 7.82. The van der Waals surface area contributed by atoms with E-state index in [1.165, 1.54) is 12.1 Å². The highest BCUT2D eigenvalue weighted by molar-refractivity contribution is 5.53. The molecule has 15 heavy (non-hydrogen) atoms. The Bertz CT molecular complexity index is 465. The second-order valence-corrected chi connectivity index (χ2v) is 2.73. The molecule has 0 aliphatic rings. The summed E-state index contributed by atoms with van der Waals surface area (Å²) in [5.74, 6) is 0. The molecule has 0 aliphatic carbocycles. The van der Waals surface area contributed by atoms with E-state index in [0.29, 0.717) is 5.56 Å². The molecule has 1 aromatic rings. The molecule has 4 nitrogen and oxygen atoms in total. The number of hydrogen-bond acceptors (Lipinski definition) is 4. The van der Waals surface area contributed by atoms with Crippen LogP contribution in [-0.4, -0.2) is 0 Å². The molecule has 0 aliphatic heterocycles. The lowest BCUT2D eigenvalue weighted by atomic mass is 10.00. The molecule has 0 unspecified atom stereocenters.